The molecule has 1 fully saturated rings. The van der Waals surface area contributed by atoms with Crippen LogP contribution in [0.25, 0.3) is 6.08 Å². The lowest BCUT2D eigenvalue weighted by atomic mass is 10.00. The fourth-order valence-electron chi connectivity index (χ4n) is 4.91. The lowest BCUT2D eigenvalue weighted by Crippen LogP contribution is -2.44. The van der Waals surface area contributed by atoms with Gasteiger partial charge in [-0.15, -0.1) is 13.2 Å². The minimum atomic E-state index is -4.74. The molecule has 36 heavy (non-hydrogen) atoms. The molecule has 3 aliphatic heterocycles. The Morgan fingerprint density at radius 1 is 1.08 bits per heavy atom. The van der Waals surface area contributed by atoms with Gasteiger partial charge in [-0.2, -0.15) is 0 Å². The smallest absolute Gasteiger partial charge is 0.406 e. The second-order valence-corrected chi connectivity index (χ2v) is 9.16. The largest absolute Gasteiger partial charge is 0.573 e. The van der Waals surface area contributed by atoms with E-state index in [1.165, 1.54) is 35.9 Å². The van der Waals surface area contributed by atoms with Crippen LogP contribution < -0.4 is 4.74 Å². The molecule has 4 heterocycles. The second-order valence-electron chi connectivity index (χ2n) is 9.16. The maximum atomic E-state index is 13.1. The highest BCUT2D eigenvalue weighted by molar-refractivity contribution is 5.92. The zero-order valence-corrected chi connectivity index (χ0v) is 19.5. The summed E-state index contributed by atoms with van der Waals surface area (Å²) in [5.74, 6) is -0.253. The molecule has 8 nitrogen and oxygen atoms in total. The van der Waals surface area contributed by atoms with Crippen LogP contribution in [0.5, 0.6) is 5.75 Å². The molecule has 1 aromatic heterocycles. The van der Waals surface area contributed by atoms with E-state index in [9.17, 15) is 22.8 Å². The molecule has 0 saturated carbocycles. The number of imidazole rings is 1. The molecule has 0 unspecified atom stereocenters. The summed E-state index contributed by atoms with van der Waals surface area (Å²) < 4.78 is 40.7. The predicted octanol–water partition coefficient (Wildman–Crippen LogP) is 3.59. The lowest BCUT2D eigenvalue weighted by Gasteiger charge is -2.30. The van der Waals surface area contributed by atoms with Crippen molar-refractivity contribution in [2.75, 3.05) is 32.7 Å². The first-order valence-electron chi connectivity index (χ1n) is 11.8. The highest BCUT2D eigenvalue weighted by Crippen LogP contribution is 2.30. The SMILES string of the molecule is O=C(C=Cc1ccc(OC(F)(F)F)cc1)N1CC=C2CN(C(=O)N3CCc4[nH]cnc4C3)C[C@H]2CC1. The van der Waals surface area contributed by atoms with Crippen LogP contribution in [0.1, 0.15) is 23.4 Å². The Morgan fingerprint density at radius 3 is 2.67 bits per heavy atom. The quantitative estimate of drug-likeness (QED) is 0.515. The van der Waals surface area contributed by atoms with Gasteiger partial charge in [0, 0.05) is 56.8 Å². The number of aromatic amines is 1. The second kappa shape index (κ2) is 9.71. The number of urea groups is 1. The molecule has 1 saturated heterocycles. The number of benzene rings is 1. The van der Waals surface area contributed by atoms with Crippen LogP contribution >= 0.6 is 0 Å². The number of amides is 3. The van der Waals surface area contributed by atoms with Gasteiger partial charge < -0.3 is 24.4 Å². The van der Waals surface area contributed by atoms with E-state index in [1.54, 1.807) is 17.3 Å². The van der Waals surface area contributed by atoms with Crippen molar-refractivity contribution in [1.29, 1.82) is 0 Å². The first kappa shape index (κ1) is 24.0. The number of ether oxygens (including phenoxy) is 1. The van der Waals surface area contributed by atoms with Crippen molar-refractivity contribution in [2.24, 2.45) is 5.92 Å². The monoisotopic (exact) mass is 501 g/mol. The van der Waals surface area contributed by atoms with E-state index in [2.05, 4.69) is 14.7 Å². The zero-order valence-electron chi connectivity index (χ0n) is 19.5. The van der Waals surface area contributed by atoms with Crippen LogP contribution in [0.15, 0.2) is 48.3 Å². The van der Waals surface area contributed by atoms with Gasteiger partial charge >= 0.3 is 12.4 Å². The van der Waals surface area contributed by atoms with Gasteiger partial charge in [-0.3, -0.25) is 4.79 Å². The number of aromatic nitrogens is 2. The van der Waals surface area contributed by atoms with Crippen molar-refractivity contribution in [2.45, 2.75) is 25.7 Å². The molecule has 0 radical (unpaired) electrons. The average molecular weight is 502 g/mol. The fourth-order valence-corrected chi connectivity index (χ4v) is 4.91. The van der Waals surface area contributed by atoms with E-state index >= 15 is 0 Å². The topological polar surface area (TPSA) is 81.8 Å². The molecule has 3 amide bonds. The molecule has 11 heteroatoms. The zero-order chi connectivity index (χ0) is 25.3. The van der Waals surface area contributed by atoms with Crippen molar-refractivity contribution < 1.29 is 27.5 Å². The van der Waals surface area contributed by atoms with Gasteiger partial charge in [0.15, 0.2) is 0 Å². The minimum Gasteiger partial charge on any atom is -0.406 e. The number of fused-ring (bicyclic) bond motifs is 2. The molecular formula is C25H26F3N5O3. The van der Waals surface area contributed by atoms with Gasteiger partial charge in [0.1, 0.15) is 5.75 Å². The summed E-state index contributed by atoms with van der Waals surface area (Å²) in [6.07, 6.45) is 3.51. The minimum absolute atomic E-state index is 0.0279. The van der Waals surface area contributed by atoms with E-state index < -0.39 is 6.36 Å². The predicted molar refractivity (Wildman–Crippen MR) is 125 cm³/mol. The Kier molecular flexibility index (Phi) is 6.46. The number of carbonyl (C=O) groups is 2. The van der Waals surface area contributed by atoms with Crippen molar-refractivity contribution in [3.05, 3.63) is 65.3 Å². The van der Waals surface area contributed by atoms with Crippen molar-refractivity contribution >= 4 is 18.0 Å². The summed E-state index contributed by atoms with van der Waals surface area (Å²) >= 11 is 0. The number of H-pyrrole nitrogens is 1. The Labute approximate surface area is 206 Å². The van der Waals surface area contributed by atoms with Gasteiger partial charge in [0.05, 0.1) is 18.6 Å². The Bertz CT molecular complexity index is 1190. The Morgan fingerprint density at radius 2 is 1.89 bits per heavy atom. The summed E-state index contributed by atoms with van der Waals surface area (Å²) in [7, 11) is 0. The molecule has 0 bridgehead atoms. The van der Waals surface area contributed by atoms with Crippen molar-refractivity contribution in [3.63, 3.8) is 0 Å². The Balaban J connectivity index is 1.15. The third-order valence-electron chi connectivity index (χ3n) is 6.82. The molecule has 1 aromatic carbocycles. The van der Waals surface area contributed by atoms with Gasteiger partial charge in [-0.1, -0.05) is 18.2 Å². The summed E-state index contributed by atoms with van der Waals surface area (Å²) in [4.78, 5) is 38.7. The van der Waals surface area contributed by atoms with Crippen LogP contribution in [-0.2, 0) is 17.8 Å². The Hall–Kier alpha value is -3.76. The van der Waals surface area contributed by atoms with E-state index in [0.717, 1.165) is 24.2 Å². The molecule has 190 valence electrons. The molecule has 0 spiro atoms. The molecule has 1 atom stereocenters. The number of nitrogens with zero attached hydrogens (tertiary/aromatic N) is 4. The van der Waals surface area contributed by atoms with Gasteiger partial charge in [-0.25, -0.2) is 9.78 Å². The van der Waals surface area contributed by atoms with E-state index in [1.807, 2.05) is 15.9 Å². The van der Waals surface area contributed by atoms with E-state index in [-0.39, 0.29) is 23.6 Å². The summed E-state index contributed by atoms with van der Waals surface area (Å²) in [6, 6.07) is 5.36. The number of nitrogens with one attached hydrogen (secondary N) is 1. The lowest BCUT2D eigenvalue weighted by molar-refractivity contribution is -0.274. The summed E-state index contributed by atoms with van der Waals surface area (Å²) in [5.41, 5.74) is 3.80. The van der Waals surface area contributed by atoms with Crippen LogP contribution in [0.4, 0.5) is 18.0 Å². The number of hydrogen-bond donors (Lipinski definition) is 1. The number of likely N-dealkylation sites (tertiary alicyclic amines) is 1. The molecule has 2 aromatic rings. The van der Waals surface area contributed by atoms with Gasteiger partial charge in [0.25, 0.3) is 0 Å². The molecule has 5 rings (SSSR count). The van der Waals surface area contributed by atoms with Crippen LogP contribution in [0.2, 0.25) is 0 Å². The molecule has 0 aliphatic carbocycles. The van der Waals surface area contributed by atoms with Gasteiger partial charge in [0.2, 0.25) is 5.91 Å². The van der Waals surface area contributed by atoms with E-state index in [0.29, 0.717) is 44.8 Å². The van der Waals surface area contributed by atoms with Crippen LogP contribution in [0.3, 0.4) is 0 Å². The summed E-state index contributed by atoms with van der Waals surface area (Å²) in [6.45, 7) is 3.41. The van der Waals surface area contributed by atoms with Crippen molar-refractivity contribution in [3.8, 4) is 5.75 Å². The average Bonchev–Trinajstić information content (AvgIpc) is 3.44. The summed E-state index contributed by atoms with van der Waals surface area (Å²) in [5, 5.41) is 0. The first-order valence-corrected chi connectivity index (χ1v) is 11.8. The third-order valence-corrected chi connectivity index (χ3v) is 6.82. The molecule has 1 N–H and O–H groups in total. The van der Waals surface area contributed by atoms with Crippen molar-refractivity contribution in [1.82, 2.24) is 24.7 Å². The van der Waals surface area contributed by atoms with Crippen LogP contribution in [-0.4, -0.2) is 75.7 Å². The molecular weight excluding hydrogens is 475 g/mol. The van der Waals surface area contributed by atoms with E-state index in [4.69, 9.17) is 0 Å². The third kappa shape index (κ3) is 5.39. The van der Waals surface area contributed by atoms with Crippen LogP contribution in [0, 0.1) is 5.92 Å². The van der Waals surface area contributed by atoms with Gasteiger partial charge in [-0.05, 0) is 35.8 Å². The molecule has 3 aliphatic rings. The standard InChI is InChI=1S/C25H26F3N5O3/c26-25(27,28)36-20-4-1-17(2-5-20)3-6-23(34)31-10-7-18-13-33(14-19(18)8-11-31)24(35)32-12-9-21-22(15-32)30-16-29-21/h1-7,16,19H,8-15H2,(H,29,30)/t19-/m1/s1. The maximum absolute atomic E-state index is 13.1. The first-order chi connectivity index (χ1) is 17.2. The number of hydrogen-bond acceptors (Lipinski definition) is 4. The number of halogens is 3. The fraction of sp³-hybridized carbons (Fsp3) is 0.400. The normalized spacial score (nSPS) is 20.1. The highest BCUT2D eigenvalue weighted by atomic mass is 19.4. The maximum Gasteiger partial charge on any atom is 0.573 e. The highest BCUT2D eigenvalue weighted by Gasteiger charge is 2.35. The number of alkyl halides is 3. The number of carbonyl (C=O) groups excluding carboxylic acids is 2. The number of rotatable bonds is 3.